The van der Waals surface area contributed by atoms with E-state index >= 15 is 0 Å². The molecule has 0 aliphatic heterocycles. The molecule has 15 heavy (non-hydrogen) atoms. The molecule has 0 spiro atoms. The summed E-state index contributed by atoms with van der Waals surface area (Å²) in [5, 5.41) is 0. The van der Waals surface area contributed by atoms with E-state index in [4.69, 9.17) is 4.74 Å². The van der Waals surface area contributed by atoms with Crippen LogP contribution < -0.4 is 0 Å². The molecule has 0 aliphatic carbocycles. The second-order valence-corrected chi connectivity index (χ2v) is 3.31. The third-order valence-corrected chi connectivity index (χ3v) is 2.04. The Kier molecular flexibility index (Phi) is 4.61. The van der Waals surface area contributed by atoms with E-state index in [9.17, 15) is 4.79 Å². The Morgan fingerprint density at radius 3 is 2.67 bits per heavy atom. The van der Waals surface area contributed by atoms with Crippen LogP contribution >= 0.6 is 0 Å². The second-order valence-electron chi connectivity index (χ2n) is 3.31. The maximum absolute atomic E-state index is 11.3. The normalized spacial score (nSPS) is 12.7. The van der Waals surface area contributed by atoms with E-state index in [0.717, 1.165) is 5.56 Å². The quantitative estimate of drug-likeness (QED) is 0.705. The molecule has 80 valence electrons. The average Bonchev–Trinajstić information content (AvgIpc) is 2.27. The van der Waals surface area contributed by atoms with E-state index in [1.807, 2.05) is 56.3 Å². The van der Waals surface area contributed by atoms with Crippen LogP contribution in [0.25, 0.3) is 6.08 Å². The third-order valence-electron chi connectivity index (χ3n) is 2.04. The van der Waals surface area contributed by atoms with Crippen molar-refractivity contribution in [1.82, 2.24) is 0 Å². The van der Waals surface area contributed by atoms with Gasteiger partial charge in [-0.1, -0.05) is 42.5 Å². The molecular formula is C13H16O2. The lowest BCUT2D eigenvalue weighted by molar-refractivity contribution is -0.145. The summed E-state index contributed by atoms with van der Waals surface area (Å²) in [6, 6.07) is 9.89. The average molecular weight is 204 g/mol. The number of esters is 1. The molecule has 0 amide bonds. The van der Waals surface area contributed by atoms with Crippen LogP contribution in [0.2, 0.25) is 0 Å². The van der Waals surface area contributed by atoms with Gasteiger partial charge in [0, 0.05) is 0 Å². The largest absolute Gasteiger partial charge is 0.466 e. The van der Waals surface area contributed by atoms with E-state index in [1.54, 1.807) is 0 Å². The molecule has 1 rings (SSSR count). The van der Waals surface area contributed by atoms with E-state index in [2.05, 4.69) is 0 Å². The molecule has 1 aromatic rings. The van der Waals surface area contributed by atoms with E-state index < -0.39 is 0 Å². The van der Waals surface area contributed by atoms with Gasteiger partial charge in [-0.3, -0.25) is 4.79 Å². The van der Waals surface area contributed by atoms with Crippen LogP contribution in [0.4, 0.5) is 0 Å². The summed E-state index contributed by atoms with van der Waals surface area (Å²) in [4.78, 5) is 11.3. The van der Waals surface area contributed by atoms with E-state index in [0.29, 0.717) is 6.61 Å². The minimum absolute atomic E-state index is 0.176. The van der Waals surface area contributed by atoms with E-state index in [-0.39, 0.29) is 11.9 Å². The van der Waals surface area contributed by atoms with Crippen molar-refractivity contribution in [3.8, 4) is 0 Å². The van der Waals surface area contributed by atoms with E-state index in [1.165, 1.54) is 0 Å². The Labute approximate surface area is 90.6 Å². The van der Waals surface area contributed by atoms with Gasteiger partial charge in [-0.05, 0) is 19.4 Å². The first-order chi connectivity index (χ1) is 7.24. The Hall–Kier alpha value is -1.57. The summed E-state index contributed by atoms with van der Waals surface area (Å²) in [7, 11) is 0. The molecule has 0 bridgehead atoms. The van der Waals surface area contributed by atoms with Gasteiger partial charge in [0.2, 0.25) is 0 Å². The fraction of sp³-hybridized carbons (Fsp3) is 0.308. The molecule has 0 radical (unpaired) electrons. The number of carbonyl (C=O) groups is 1. The molecule has 0 fully saturated rings. The Bertz CT molecular complexity index is 328. The molecule has 0 aromatic heterocycles. The van der Waals surface area contributed by atoms with Crippen molar-refractivity contribution in [3.05, 3.63) is 42.0 Å². The minimum atomic E-state index is -0.190. The number of carbonyl (C=O) groups excluding carboxylic acids is 1. The van der Waals surface area contributed by atoms with Gasteiger partial charge in [0.05, 0.1) is 12.5 Å². The molecule has 0 N–H and O–H groups in total. The summed E-state index contributed by atoms with van der Waals surface area (Å²) in [6.45, 7) is 4.07. The smallest absolute Gasteiger partial charge is 0.312 e. The maximum atomic E-state index is 11.3. The Morgan fingerprint density at radius 1 is 1.40 bits per heavy atom. The first kappa shape index (κ1) is 11.5. The van der Waals surface area contributed by atoms with Gasteiger partial charge in [0.15, 0.2) is 0 Å². The number of hydrogen-bond donors (Lipinski definition) is 0. The summed E-state index contributed by atoms with van der Waals surface area (Å²) < 4.78 is 4.90. The van der Waals surface area contributed by atoms with Crippen molar-refractivity contribution < 1.29 is 9.53 Å². The molecule has 2 nitrogen and oxygen atoms in total. The predicted molar refractivity (Wildman–Crippen MR) is 61.3 cm³/mol. The summed E-state index contributed by atoms with van der Waals surface area (Å²) in [6.07, 6.45) is 3.79. The van der Waals surface area contributed by atoms with Crippen molar-refractivity contribution in [1.29, 1.82) is 0 Å². The Balaban J connectivity index is 2.54. The van der Waals surface area contributed by atoms with Crippen LogP contribution in [-0.4, -0.2) is 12.6 Å². The number of benzene rings is 1. The van der Waals surface area contributed by atoms with Crippen LogP contribution in [0.15, 0.2) is 36.4 Å². The Morgan fingerprint density at radius 2 is 2.07 bits per heavy atom. The first-order valence-electron chi connectivity index (χ1n) is 5.14. The van der Waals surface area contributed by atoms with Gasteiger partial charge in [-0.15, -0.1) is 0 Å². The number of ether oxygens (including phenoxy) is 1. The zero-order chi connectivity index (χ0) is 11.1. The monoisotopic (exact) mass is 204 g/mol. The van der Waals surface area contributed by atoms with Crippen molar-refractivity contribution in [2.75, 3.05) is 6.61 Å². The molecular weight excluding hydrogens is 188 g/mol. The van der Waals surface area contributed by atoms with Crippen molar-refractivity contribution in [2.24, 2.45) is 5.92 Å². The molecule has 0 saturated heterocycles. The zero-order valence-electron chi connectivity index (χ0n) is 9.14. The van der Waals surface area contributed by atoms with Crippen molar-refractivity contribution in [2.45, 2.75) is 13.8 Å². The van der Waals surface area contributed by atoms with Crippen molar-refractivity contribution in [3.63, 3.8) is 0 Å². The summed E-state index contributed by atoms with van der Waals surface area (Å²) >= 11 is 0. The van der Waals surface area contributed by atoms with Gasteiger partial charge in [-0.2, -0.15) is 0 Å². The fourth-order valence-corrected chi connectivity index (χ4v) is 1.17. The lowest BCUT2D eigenvalue weighted by atomic mass is 10.1. The highest BCUT2D eigenvalue weighted by Crippen LogP contribution is 2.06. The predicted octanol–water partition coefficient (Wildman–Crippen LogP) is 2.90. The van der Waals surface area contributed by atoms with Gasteiger partial charge >= 0.3 is 5.97 Å². The first-order valence-corrected chi connectivity index (χ1v) is 5.14. The number of hydrogen-bond acceptors (Lipinski definition) is 2. The third kappa shape index (κ3) is 3.98. The highest BCUT2D eigenvalue weighted by Gasteiger charge is 2.09. The second kappa shape index (κ2) is 6.02. The number of rotatable bonds is 4. The van der Waals surface area contributed by atoms with Crippen LogP contribution in [0.5, 0.6) is 0 Å². The SMILES string of the molecule is CCOC(=O)[C@@H](C)/C=C/c1ccccc1. The highest BCUT2D eigenvalue weighted by molar-refractivity contribution is 5.75. The standard InChI is InChI=1S/C13H16O2/c1-3-15-13(14)11(2)9-10-12-7-5-4-6-8-12/h4-11H,3H2,1-2H3/b10-9+/t11-/m0/s1. The van der Waals surface area contributed by atoms with Gasteiger partial charge in [0.25, 0.3) is 0 Å². The molecule has 0 heterocycles. The maximum Gasteiger partial charge on any atom is 0.312 e. The fourth-order valence-electron chi connectivity index (χ4n) is 1.17. The lowest BCUT2D eigenvalue weighted by Gasteiger charge is -2.04. The lowest BCUT2D eigenvalue weighted by Crippen LogP contribution is -2.12. The zero-order valence-corrected chi connectivity index (χ0v) is 9.14. The van der Waals surface area contributed by atoms with Gasteiger partial charge < -0.3 is 4.74 Å². The molecule has 0 aliphatic rings. The van der Waals surface area contributed by atoms with Crippen LogP contribution in [0, 0.1) is 5.92 Å². The summed E-state index contributed by atoms with van der Waals surface area (Å²) in [5.74, 6) is -0.366. The van der Waals surface area contributed by atoms with Crippen molar-refractivity contribution >= 4 is 12.0 Å². The van der Waals surface area contributed by atoms with Crippen LogP contribution in [-0.2, 0) is 9.53 Å². The highest BCUT2D eigenvalue weighted by atomic mass is 16.5. The topological polar surface area (TPSA) is 26.3 Å². The van der Waals surface area contributed by atoms with Gasteiger partial charge in [0.1, 0.15) is 0 Å². The molecule has 0 unspecified atom stereocenters. The summed E-state index contributed by atoms with van der Waals surface area (Å²) in [5.41, 5.74) is 1.09. The molecule has 2 heteroatoms. The molecule has 1 atom stereocenters. The molecule has 0 saturated carbocycles. The van der Waals surface area contributed by atoms with Gasteiger partial charge in [-0.25, -0.2) is 0 Å². The molecule has 1 aromatic carbocycles. The van der Waals surface area contributed by atoms with Crippen LogP contribution in [0.1, 0.15) is 19.4 Å². The van der Waals surface area contributed by atoms with Crippen LogP contribution in [0.3, 0.4) is 0 Å². The minimum Gasteiger partial charge on any atom is -0.466 e.